The van der Waals surface area contributed by atoms with E-state index in [0.717, 1.165) is 19.3 Å². The normalized spacial score (nSPS) is 56.5. The van der Waals surface area contributed by atoms with Gasteiger partial charge in [-0.05, 0) is 31.1 Å². The van der Waals surface area contributed by atoms with Crippen LogP contribution >= 0.6 is 0 Å². The van der Waals surface area contributed by atoms with Crippen molar-refractivity contribution in [3.8, 4) is 0 Å². The molecule has 11 heavy (non-hydrogen) atoms. The first-order chi connectivity index (χ1) is 5.20. The Morgan fingerprint density at radius 2 is 1.18 bits per heavy atom. The van der Waals surface area contributed by atoms with Crippen LogP contribution in [-0.4, -0.2) is 33.6 Å². The smallest absolute Gasteiger partial charge is 0.106 e. The van der Waals surface area contributed by atoms with Crippen LogP contribution in [0.2, 0.25) is 0 Å². The van der Waals surface area contributed by atoms with E-state index in [2.05, 4.69) is 0 Å². The molecule has 2 aliphatic carbocycles. The van der Waals surface area contributed by atoms with Crippen LogP contribution in [0.25, 0.3) is 0 Å². The summed E-state index contributed by atoms with van der Waals surface area (Å²) in [6.45, 7) is 0. The lowest BCUT2D eigenvalue weighted by atomic mass is 9.82. The lowest BCUT2D eigenvalue weighted by Crippen LogP contribution is -2.47. The Morgan fingerprint density at radius 1 is 0.727 bits per heavy atom. The zero-order chi connectivity index (χ0) is 8.01. The van der Waals surface area contributed by atoms with Crippen molar-refractivity contribution in [2.75, 3.05) is 0 Å². The van der Waals surface area contributed by atoms with Gasteiger partial charge in [0.15, 0.2) is 0 Å². The molecule has 0 aromatic rings. The van der Waals surface area contributed by atoms with Crippen molar-refractivity contribution in [1.29, 1.82) is 0 Å². The van der Waals surface area contributed by atoms with E-state index in [4.69, 9.17) is 0 Å². The lowest BCUT2D eigenvalue weighted by molar-refractivity contribution is -0.115. The summed E-state index contributed by atoms with van der Waals surface area (Å²) in [5, 5.41) is 28.2. The molecule has 0 saturated heterocycles. The standard InChI is InChI=1S/C8H14O3/c9-6-4-1-2-5(3-4)7(10)8(6)11/h4-11H,1-3H2. The summed E-state index contributed by atoms with van der Waals surface area (Å²) < 4.78 is 0. The molecule has 2 rings (SSSR count). The topological polar surface area (TPSA) is 60.7 Å². The molecule has 0 aromatic heterocycles. The van der Waals surface area contributed by atoms with Crippen LogP contribution in [0, 0.1) is 11.8 Å². The Bertz CT molecular complexity index is 139. The molecule has 0 radical (unpaired) electrons. The molecular formula is C8H14O3. The Hall–Kier alpha value is -0.120. The molecule has 0 heterocycles. The van der Waals surface area contributed by atoms with E-state index < -0.39 is 18.3 Å². The highest BCUT2D eigenvalue weighted by Gasteiger charge is 2.46. The molecule has 2 saturated carbocycles. The largest absolute Gasteiger partial charge is 0.390 e. The fraction of sp³-hybridized carbons (Fsp3) is 1.00. The summed E-state index contributed by atoms with van der Waals surface area (Å²) in [7, 11) is 0. The Morgan fingerprint density at radius 3 is 1.64 bits per heavy atom. The van der Waals surface area contributed by atoms with Crippen LogP contribution in [0.4, 0.5) is 0 Å². The number of hydrogen-bond acceptors (Lipinski definition) is 3. The monoisotopic (exact) mass is 158 g/mol. The Labute approximate surface area is 65.7 Å². The van der Waals surface area contributed by atoms with Crippen molar-refractivity contribution < 1.29 is 15.3 Å². The van der Waals surface area contributed by atoms with E-state index in [9.17, 15) is 15.3 Å². The third-order valence-electron chi connectivity index (χ3n) is 3.18. The minimum atomic E-state index is -0.902. The van der Waals surface area contributed by atoms with Crippen LogP contribution < -0.4 is 0 Å². The van der Waals surface area contributed by atoms with Gasteiger partial charge in [-0.25, -0.2) is 0 Å². The average molecular weight is 158 g/mol. The van der Waals surface area contributed by atoms with E-state index in [1.165, 1.54) is 0 Å². The zero-order valence-corrected chi connectivity index (χ0v) is 6.35. The fourth-order valence-corrected chi connectivity index (χ4v) is 2.43. The number of aliphatic hydroxyl groups excluding tert-OH is 3. The summed E-state index contributed by atoms with van der Waals surface area (Å²) in [5.74, 6) is 0.469. The van der Waals surface area contributed by atoms with Crippen LogP contribution in [0.1, 0.15) is 19.3 Å². The van der Waals surface area contributed by atoms with Gasteiger partial charge in [0.2, 0.25) is 0 Å². The molecule has 4 unspecified atom stereocenters. The molecule has 3 nitrogen and oxygen atoms in total. The Kier molecular flexibility index (Phi) is 1.67. The van der Waals surface area contributed by atoms with E-state index in [0.29, 0.717) is 0 Å². The van der Waals surface area contributed by atoms with Crippen LogP contribution in [-0.2, 0) is 0 Å². The summed E-state index contributed by atoms with van der Waals surface area (Å²) in [6, 6.07) is 0. The van der Waals surface area contributed by atoms with Gasteiger partial charge in [0.1, 0.15) is 6.10 Å². The average Bonchev–Trinajstić information content (AvgIpc) is 2.44. The lowest BCUT2D eigenvalue weighted by Gasteiger charge is -2.33. The van der Waals surface area contributed by atoms with E-state index >= 15 is 0 Å². The molecule has 64 valence electrons. The zero-order valence-electron chi connectivity index (χ0n) is 6.35. The molecule has 4 atom stereocenters. The van der Waals surface area contributed by atoms with Crippen LogP contribution in [0.5, 0.6) is 0 Å². The van der Waals surface area contributed by atoms with E-state index in [1.54, 1.807) is 0 Å². The number of rotatable bonds is 0. The third kappa shape index (κ3) is 0.991. The maximum absolute atomic E-state index is 9.42. The summed E-state index contributed by atoms with van der Waals surface area (Å²) in [4.78, 5) is 0. The molecular weight excluding hydrogens is 144 g/mol. The number of hydrogen-bond donors (Lipinski definition) is 3. The maximum Gasteiger partial charge on any atom is 0.106 e. The van der Waals surface area contributed by atoms with Gasteiger partial charge in [-0.1, -0.05) is 0 Å². The molecule has 2 aliphatic rings. The first-order valence-corrected chi connectivity index (χ1v) is 4.24. The van der Waals surface area contributed by atoms with Gasteiger partial charge in [-0.15, -0.1) is 0 Å². The van der Waals surface area contributed by atoms with Gasteiger partial charge in [-0.2, -0.15) is 0 Å². The summed E-state index contributed by atoms with van der Waals surface area (Å²) in [5.41, 5.74) is 0. The third-order valence-corrected chi connectivity index (χ3v) is 3.18. The van der Waals surface area contributed by atoms with Crippen LogP contribution in [0.15, 0.2) is 0 Å². The molecule has 3 N–H and O–H groups in total. The molecule has 0 amide bonds. The summed E-state index contributed by atoms with van der Waals surface area (Å²) >= 11 is 0. The van der Waals surface area contributed by atoms with Gasteiger partial charge in [0, 0.05) is 0 Å². The highest BCUT2D eigenvalue weighted by Crippen LogP contribution is 2.42. The molecule has 2 bridgehead atoms. The van der Waals surface area contributed by atoms with Gasteiger partial charge >= 0.3 is 0 Å². The van der Waals surface area contributed by atoms with Crippen molar-refractivity contribution in [2.45, 2.75) is 37.6 Å². The van der Waals surface area contributed by atoms with Gasteiger partial charge in [0.25, 0.3) is 0 Å². The minimum absolute atomic E-state index is 0.235. The summed E-state index contributed by atoms with van der Waals surface area (Å²) in [6.07, 6.45) is 0.521. The molecule has 2 fully saturated rings. The first kappa shape index (κ1) is 7.53. The SMILES string of the molecule is OC1C2CCC(C2)C(O)C1O. The van der Waals surface area contributed by atoms with E-state index in [1.807, 2.05) is 0 Å². The first-order valence-electron chi connectivity index (χ1n) is 4.24. The second-order valence-corrected chi connectivity index (χ2v) is 3.80. The highest BCUT2D eigenvalue weighted by atomic mass is 16.4. The second kappa shape index (κ2) is 2.44. The van der Waals surface area contributed by atoms with Crippen molar-refractivity contribution >= 4 is 0 Å². The van der Waals surface area contributed by atoms with Crippen molar-refractivity contribution in [3.05, 3.63) is 0 Å². The maximum atomic E-state index is 9.42. The van der Waals surface area contributed by atoms with E-state index in [-0.39, 0.29) is 11.8 Å². The highest BCUT2D eigenvalue weighted by molar-refractivity contribution is 4.96. The van der Waals surface area contributed by atoms with Crippen LogP contribution in [0.3, 0.4) is 0 Å². The van der Waals surface area contributed by atoms with Gasteiger partial charge < -0.3 is 15.3 Å². The predicted octanol–water partition coefficient (Wildman–Crippen LogP) is -0.501. The molecule has 3 heteroatoms. The van der Waals surface area contributed by atoms with Crippen molar-refractivity contribution in [2.24, 2.45) is 11.8 Å². The quantitative estimate of drug-likeness (QED) is 0.445. The number of fused-ring (bicyclic) bond motifs is 2. The molecule has 0 aliphatic heterocycles. The minimum Gasteiger partial charge on any atom is -0.390 e. The van der Waals surface area contributed by atoms with Gasteiger partial charge in [-0.3, -0.25) is 0 Å². The number of aliphatic hydroxyl groups is 3. The fourth-order valence-electron chi connectivity index (χ4n) is 2.43. The molecule has 0 aromatic carbocycles. The van der Waals surface area contributed by atoms with Crippen molar-refractivity contribution in [1.82, 2.24) is 0 Å². The molecule has 0 spiro atoms. The second-order valence-electron chi connectivity index (χ2n) is 3.80. The predicted molar refractivity (Wildman–Crippen MR) is 38.9 cm³/mol. The van der Waals surface area contributed by atoms with Crippen molar-refractivity contribution in [3.63, 3.8) is 0 Å². The van der Waals surface area contributed by atoms with Gasteiger partial charge in [0.05, 0.1) is 12.2 Å². The Balaban J connectivity index is 2.16.